The number of piperidine rings is 1. The van der Waals surface area contributed by atoms with Crippen LogP contribution in [0, 0.1) is 5.41 Å². The first-order valence-electron chi connectivity index (χ1n) is 9.97. The van der Waals surface area contributed by atoms with E-state index < -0.39 is 5.41 Å². The number of carbonyl (C=O) groups is 3. The van der Waals surface area contributed by atoms with Crippen LogP contribution in [0.15, 0.2) is 54.6 Å². The molecule has 2 aromatic carbocycles. The fourth-order valence-corrected chi connectivity index (χ4v) is 3.75. The molecule has 0 radical (unpaired) electrons. The molecule has 29 heavy (non-hydrogen) atoms. The summed E-state index contributed by atoms with van der Waals surface area (Å²) in [6.07, 6.45) is 1.99. The maximum absolute atomic E-state index is 13.0. The Morgan fingerprint density at radius 2 is 1.45 bits per heavy atom. The van der Waals surface area contributed by atoms with Crippen molar-refractivity contribution >= 4 is 29.1 Å². The van der Waals surface area contributed by atoms with E-state index in [1.165, 1.54) is 6.92 Å². The Morgan fingerprint density at radius 1 is 0.897 bits per heavy atom. The summed E-state index contributed by atoms with van der Waals surface area (Å²) < 4.78 is 0. The number of benzene rings is 2. The molecule has 0 bridgehead atoms. The molecule has 1 aliphatic rings. The highest BCUT2D eigenvalue weighted by Gasteiger charge is 2.40. The average Bonchev–Trinajstić information content (AvgIpc) is 2.75. The fourth-order valence-electron chi connectivity index (χ4n) is 3.75. The van der Waals surface area contributed by atoms with E-state index in [4.69, 9.17) is 0 Å². The highest BCUT2D eigenvalue weighted by Crippen LogP contribution is 2.36. The van der Waals surface area contributed by atoms with Gasteiger partial charge >= 0.3 is 0 Å². The van der Waals surface area contributed by atoms with Crippen molar-refractivity contribution in [3.05, 3.63) is 60.2 Å². The first kappa shape index (κ1) is 20.6. The van der Waals surface area contributed by atoms with Gasteiger partial charge < -0.3 is 15.5 Å². The molecule has 3 amide bonds. The zero-order valence-electron chi connectivity index (χ0n) is 16.9. The zero-order valence-corrected chi connectivity index (χ0v) is 16.9. The quantitative estimate of drug-likeness (QED) is 0.808. The minimum atomic E-state index is -0.482. The van der Waals surface area contributed by atoms with Gasteiger partial charge in [0, 0.05) is 37.0 Å². The van der Waals surface area contributed by atoms with E-state index in [-0.39, 0.29) is 17.7 Å². The SMILES string of the molecule is CCC1(C(=O)Nc2ccc(NC(C)=O)cc2)CCN(C(=O)c2ccccc2)CC1. The van der Waals surface area contributed by atoms with Crippen LogP contribution < -0.4 is 10.6 Å². The van der Waals surface area contributed by atoms with Crippen molar-refractivity contribution in [3.63, 3.8) is 0 Å². The van der Waals surface area contributed by atoms with Gasteiger partial charge in [0.2, 0.25) is 11.8 Å². The van der Waals surface area contributed by atoms with Crippen LogP contribution in [-0.2, 0) is 9.59 Å². The van der Waals surface area contributed by atoms with Crippen LogP contribution in [-0.4, -0.2) is 35.7 Å². The van der Waals surface area contributed by atoms with Crippen molar-refractivity contribution in [2.75, 3.05) is 23.7 Å². The van der Waals surface area contributed by atoms with Crippen molar-refractivity contribution in [3.8, 4) is 0 Å². The van der Waals surface area contributed by atoms with E-state index in [1.807, 2.05) is 42.2 Å². The van der Waals surface area contributed by atoms with E-state index in [2.05, 4.69) is 10.6 Å². The molecule has 0 spiro atoms. The first-order chi connectivity index (χ1) is 13.9. The number of rotatable bonds is 5. The number of carbonyl (C=O) groups excluding carboxylic acids is 3. The smallest absolute Gasteiger partial charge is 0.253 e. The molecule has 1 heterocycles. The highest BCUT2D eigenvalue weighted by molar-refractivity contribution is 5.97. The van der Waals surface area contributed by atoms with Gasteiger partial charge in [0.25, 0.3) is 5.91 Å². The lowest BCUT2D eigenvalue weighted by Gasteiger charge is -2.40. The summed E-state index contributed by atoms with van der Waals surface area (Å²) >= 11 is 0. The molecular weight excluding hydrogens is 366 g/mol. The highest BCUT2D eigenvalue weighted by atomic mass is 16.2. The van der Waals surface area contributed by atoms with Crippen molar-refractivity contribution in [2.45, 2.75) is 33.1 Å². The Hall–Kier alpha value is -3.15. The van der Waals surface area contributed by atoms with Gasteiger partial charge in [-0.05, 0) is 55.7 Å². The van der Waals surface area contributed by atoms with Gasteiger partial charge in [0.05, 0.1) is 5.41 Å². The lowest BCUT2D eigenvalue weighted by molar-refractivity contribution is -0.128. The third-order valence-corrected chi connectivity index (χ3v) is 5.65. The average molecular weight is 393 g/mol. The monoisotopic (exact) mass is 393 g/mol. The molecule has 1 aliphatic heterocycles. The number of amides is 3. The third kappa shape index (κ3) is 4.83. The van der Waals surface area contributed by atoms with Crippen molar-refractivity contribution < 1.29 is 14.4 Å². The van der Waals surface area contributed by atoms with Gasteiger partial charge in [0.15, 0.2) is 0 Å². The Bertz CT molecular complexity index is 870. The summed E-state index contributed by atoms with van der Waals surface area (Å²) in [6.45, 7) is 4.61. The van der Waals surface area contributed by atoms with Crippen LogP contribution in [0.4, 0.5) is 11.4 Å². The van der Waals surface area contributed by atoms with Crippen LogP contribution in [0.3, 0.4) is 0 Å². The van der Waals surface area contributed by atoms with E-state index in [9.17, 15) is 14.4 Å². The molecule has 0 saturated carbocycles. The second-order valence-corrected chi connectivity index (χ2v) is 7.50. The fraction of sp³-hybridized carbons (Fsp3) is 0.348. The van der Waals surface area contributed by atoms with Crippen molar-refractivity contribution in [2.24, 2.45) is 5.41 Å². The molecule has 0 aromatic heterocycles. The topological polar surface area (TPSA) is 78.5 Å². The Balaban J connectivity index is 1.62. The summed E-state index contributed by atoms with van der Waals surface area (Å²) in [5.41, 5.74) is 1.58. The normalized spacial score (nSPS) is 15.4. The first-order valence-corrected chi connectivity index (χ1v) is 9.97. The maximum Gasteiger partial charge on any atom is 0.253 e. The Morgan fingerprint density at radius 3 is 1.97 bits per heavy atom. The van der Waals surface area contributed by atoms with Gasteiger partial charge in [-0.2, -0.15) is 0 Å². The lowest BCUT2D eigenvalue weighted by Crippen LogP contribution is -2.48. The van der Waals surface area contributed by atoms with Gasteiger partial charge in [-0.3, -0.25) is 14.4 Å². The standard InChI is InChI=1S/C23H27N3O3/c1-3-23(22(29)25-20-11-9-19(10-12-20)24-17(2)27)13-15-26(16-14-23)21(28)18-7-5-4-6-8-18/h4-12H,3,13-16H2,1-2H3,(H,24,27)(H,25,29). The molecule has 6 heteroatoms. The molecule has 0 atom stereocenters. The van der Waals surface area contributed by atoms with Gasteiger partial charge in [-0.25, -0.2) is 0 Å². The van der Waals surface area contributed by atoms with Gasteiger partial charge in [-0.1, -0.05) is 25.1 Å². The number of nitrogens with one attached hydrogen (secondary N) is 2. The summed E-state index contributed by atoms with van der Waals surface area (Å²) in [7, 11) is 0. The predicted molar refractivity (Wildman–Crippen MR) is 114 cm³/mol. The Kier molecular flexibility index (Phi) is 6.32. The van der Waals surface area contributed by atoms with Crippen LogP contribution in [0.1, 0.15) is 43.5 Å². The zero-order chi connectivity index (χ0) is 20.9. The van der Waals surface area contributed by atoms with E-state index in [0.717, 1.165) is 6.42 Å². The Labute approximate surface area is 171 Å². The molecule has 1 fully saturated rings. The number of hydrogen-bond acceptors (Lipinski definition) is 3. The van der Waals surface area contributed by atoms with Crippen LogP contribution in [0.5, 0.6) is 0 Å². The third-order valence-electron chi connectivity index (χ3n) is 5.65. The summed E-state index contributed by atoms with van der Waals surface area (Å²) in [5.74, 6) is -0.133. The van der Waals surface area contributed by atoms with Crippen LogP contribution in [0.2, 0.25) is 0 Å². The molecule has 3 rings (SSSR count). The minimum Gasteiger partial charge on any atom is -0.339 e. The number of nitrogens with zero attached hydrogens (tertiary/aromatic N) is 1. The molecule has 2 N–H and O–H groups in total. The van der Waals surface area contributed by atoms with Crippen LogP contribution >= 0.6 is 0 Å². The molecule has 6 nitrogen and oxygen atoms in total. The molecule has 0 aliphatic carbocycles. The molecule has 152 valence electrons. The number of likely N-dealkylation sites (tertiary alicyclic amines) is 1. The number of hydrogen-bond donors (Lipinski definition) is 2. The second-order valence-electron chi connectivity index (χ2n) is 7.50. The molecule has 0 unspecified atom stereocenters. The largest absolute Gasteiger partial charge is 0.339 e. The summed E-state index contributed by atoms with van der Waals surface area (Å²) in [4.78, 5) is 38.7. The molecule has 1 saturated heterocycles. The van der Waals surface area contributed by atoms with Gasteiger partial charge in [-0.15, -0.1) is 0 Å². The van der Waals surface area contributed by atoms with Gasteiger partial charge in [0.1, 0.15) is 0 Å². The van der Waals surface area contributed by atoms with Crippen LogP contribution in [0.25, 0.3) is 0 Å². The molecular formula is C23H27N3O3. The molecule has 2 aromatic rings. The second kappa shape index (κ2) is 8.90. The maximum atomic E-state index is 13.0. The predicted octanol–water partition coefficient (Wildman–Crippen LogP) is 3.92. The van der Waals surface area contributed by atoms with Crippen molar-refractivity contribution in [1.82, 2.24) is 4.90 Å². The van der Waals surface area contributed by atoms with Crippen molar-refractivity contribution in [1.29, 1.82) is 0 Å². The minimum absolute atomic E-state index is 0.0147. The van der Waals surface area contributed by atoms with E-state index in [0.29, 0.717) is 42.9 Å². The summed E-state index contributed by atoms with van der Waals surface area (Å²) in [5, 5.41) is 5.71. The van der Waals surface area contributed by atoms with E-state index in [1.54, 1.807) is 24.3 Å². The lowest BCUT2D eigenvalue weighted by atomic mass is 9.75. The number of anilines is 2. The van der Waals surface area contributed by atoms with E-state index >= 15 is 0 Å². The summed E-state index contributed by atoms with van der Waals surface area (Å²) in [6, 6.07) is 16.3.